The van der Waals surface area contributed by atoms with Crippen molar-refractivity contribution in [3.05, 3.63) is 52.5 Å². The van der Waals surface area contributed by atoms with Gasteiger partial charge in [-0.2, -0.15) is 0 Å². The summed E-state index contributed by atoms with van der Waals surface area (Å²) >= 11 is 6.05. The van der Waals surface area contributed by atoms with Crippen molar-refractivity contribution in [2.75, 3.05) is 24.3 Å². The summed E-state index contributed by atoms with van der Waals surface area (Å²) in [7, 11) is 1.59. The van der Waals surface area contributed by atoms with Gasteiger partial charge < -0.3 is 15.4 Å². The number of nitrogens with zero attached hydrogens (tertiary/aromatic N) is 1. The van der Waals surface area contributed by atoms with Gasteiger partial charge in [-0.25, -0.2) is 0 Å². The Labute approximate surface area is 140 Å². The zero-order valence-corrected chi connectivity index (χ0v) is 13.8. The summed E-state index contributed by atoms with van der Waals surface area (Å²) in [6, 6.07) is 11.0. The van der Waals surface area contributed by atoms with Crippen LogP contribution in [0.2, 0.25) is 5.02 Å². The SMILES string of the molecule is COc1ccc(Cl)cc1CC(=O)N1CCCc2c(N)cccc21. The highest BCUT2D eigenvalue weighted by molar-refractivity contribution is 6.30. The summed E-state index contributed by atoms with van der Waals surface area (Å²) < 4.78 is 5.33. The number of ether oxygens (including phenoxy) is 1. The van der Waals surface area contributed by atoms with Gasteiger partial charge in [0.1, 0.15) is 5.75 Å². The van der Waals surface area contributed by atoms with E-state index in [2.05, 4.69) is 0 Å². The Bertz CT molecular complexity index is 746. The molecule has 0 saturated heterocycles. The molecule has 2 N–H and O–H groups in total. The third kappa shape index (κ3) is 3.13. The van der Waals surface area contributed by atoms with Crippen LogP contribution in [0.15, 0.2) is 36.4 Å². The number of benzene rings is 2. The molecule has 0 atom stereocenters. The predicted molar refractivity (Wildman–Crippen MR) is 93.2 cm³/mol. The Morgan fingerprint density at radius 1 is 1.35 bits per heavy atom. The number of nitrogen functional groups attached to an aromatic ring is 1. The number of fused-ring (bicyclic) bond motifs is 1. The number of nitrogens with two attached hydrogens (primary N) is 1. The summed E-state index contributed by atoms with van der Waals surface area (Å²) in [6.07, 6.45) is 2.07. The molecule has 0 spiro atoms. The standard InChI is InChI=1S/C18H19ClN2O2/c1-23-17-8-7-13(19)10-12(17)11-18(22)21-9-3-4-14-15(20)5-2-6-16(14)21/h2,5-8,10H,3-4,9,11,20H2,1H3. The molecule has 0 fully saturated rings. The molecule has 1 heterocycles. The smallest absolute Gasteiger partial charge is 0.231 e. The number of anilines is 2. The maximum absolute atomic E-state index is 12.8. The molecule has 0 bridgehead atoms. The van der Waals surface area contributed by atoms with Gasteiger partial charge in [-0.15, -0.1) is 0 Å². The first kappa shape index (κ1) is 15.7. The average molecular weight is 331 g/mol. The highest BCUT2D eigenvalue weighted by atomic mass is 35.5. The molecule has 23 heavy (non-hydrogen) atoms. The third-order valence-electron chi connectivity index (χ3n) is 4.17. The number of hydrogen-bond acceptors (Lipinski definition) is 3. The van der Waals surface area contributed by atoms with Crippen LogP contribution in [0.5, 0.6) is 5.75 Å². The van der Waals surface area contributed by atoms with Gasteiger partial charge in [0.15, 0.2) is 0 Å². The molecule has 2 aromatic rings. The maximum Gasteiger partial charge on any atom is 0.231 e. The number of carbonyl (C=O) groups is 1. The van der Waals surface area contributed by atoms with Crippen LogP contribution in [-0.2, 0) is 17.6 Å². The van der Waals surface area contributed by atoms with Crippen molar-refractivity contribution in [1.29, 1.82) is 0 Å². The van der Waals surface area contributed by atoms with Crippen LogP contribution in [0.4, 0.5) is 11.4 Å². The fourth-order valence-corrected chi connectivity index (χ4v) is 3.25. The highest BCUT2D eigenvalue weighted by Gasteiger charge is 2.24. The normalized spacial score (nSPS) is 13.6. The molecule has 0 aromatic heterocycles. The largest absolute Gasteiger partial charge is 0.496 e. The molecule has 1 aliphatic rings. The van der Waals surface area contributed by atoms with Crippen molar-refractivity contribution in [1.82, 2.24) is 0 Å². The van der Waals surface area contributed by atoms with E-state index in [1.165, 1.54) is 0 Å². The first-order valence-electron chi connectivity index (χ1n) is 7.60. The van der Waals surface area contributed by atoms with Gasteiger partial charge in [-0.05, 0) is 48.7 Å². The minimum atomic E-state index is 0.0251. The zero-order valence-electron chi connectivity index (χ0n) is 13.0. The number of methoxy groups -OCH3 is 1. The molecule has 3 rings (SSSR count). The zero-order chi connectivity index (χ0) is 16.4. The molecule has 0 aliphatic carbocycles. The van der Waals surface area contributed by atoms with E-state index in [0.717, 1.165) is 35.3 Å². The van der Waals surface area contributed by atoms with E-state index in [0.29, 0.717) is 17.3 Å². The van der Waals surface area contributed by atoms with E-state index in [1.54, 1.807) is 25.3 Å². The fourth-order valence-electron chi connectivity index (χ4n) is 3.05. The summed E-state index contributed by atoms with van der Waals surface area (Å²) in [4.78, 5) is 14.6. The third-order valence-corrected chi connectivity index (χ3v) is 4.41. The van der Waals surface area contributed by atoms with Gasteiger partial charge in [0.05, 0.1) is 13.5 Å². The van der Waals surface area contributed by atoms with E-state index >= 15 is 0 Å². The second-order valence-electron chi connectivity index (χ2n) is 5.63. The summed E-state index contributed by atoms with van der Waals surface area (Å²) in [6.45, 7) is 0.707. The van der Waals surface area contributed by atoms with Gasteiger partial charge in [0, 0.05) is 28.5 Å². The lowest BCUT2D eigenvalue weighted by molar-refractivity contribution is -0.118. The fraction of sp³-hybridized carbons (Fsp3) is 0.278. The number of rotatable bonds is 3. The molecule has 0 radical (unpaired) electrons. The predicted octanol–water partition coefficient (Wildman–Crippen LogP) is 3.45. The molecule has 4 nitrogen and oxygen atoms in total. The van der Waals surface area contributed by atoms with Crippen LogP contribution >= 0.6 is 11.6 Å². The average Bonchev–Trinajstić information content (AvgIpc) is 2.55. The molecule has 1 aliphatic heterocycles. The van der Waals surface area contributed by atoms with Crippen molar-refractivity contribution in [3.63, 3.8) is 0 Å². The molecule has 2 aromatic carbocycles. The van der Waals surface area contributed by atoms with E-state index in [9.17, 15) is 4.79 Å². The quantitative estimate of drug-likeness (QED) is 0.877. The van der Waals surface area contributed by atoms with Crippen LogP contribution in [0.1, 0.15) is 17.5 Å². The Morgan fingerprint density at radius 3 is 2.96 bits per heavy atom. The number of carbonyl (C=O) groups excluding carboxylic acids is 1. The Hall–Kier alpha value is -2.20. The van der Waals surface area contributed by atoms with Crippen molar-refractivity contribution in [2.45, 2.75) is 19.3 Å². The molecular formula is C18H19ClN2O2. The molecule has 1 amide bonds. The second kappa shape index (κ2) is 6.50. The number of halogens is 1. The summed E-state index contributed by atoms with van der Waals surface area (Å²) in [5.74, 6) is 0.699. The lowest BCUT2D eigenvalue weighted by Crippen LogP contribution is -2.36. The van der Waals surface area contributed by atoms with Crippen LogP contribution in [-0.4, -0.2) is 19.6 Å². The first-order chi connectivity index (χ1) is 11.1. The lowest BCUT2D eigenvalue weighted by atomic mass is 9.99. The van der Waals surface area contributed by atoms with Crippen LogP contribution in [0, 0.1) is 0 Å². The van der Waals surface area contributed by atoms with Gasteiger partial charge in [0.2, 0.25) is 5.91 Å². The molecule has 0 saturated carbocycles. The van der Waals surface area contributed by atoms with E-state index < -0.39 is 0 Å². The topological polar surface area (TPSA) is 55.6 Å². The Kier molecular flexibility index (Phi) is 4.44. The first-order valence-corrected chi connectivity index (χ1v) is 7.98. The minimum Gasteiger partial charge on any atom is -0.496 e. The van der Waals surface area contributed by atoms with E-state index in [1.807, 2.05) is 23.1 Å². The van der Waals surface area contributed by atoms with Crippen molar-refractivity contribution >= 4 is 28.9 Å². The molecule has 0 unspecified atom stereocenters. The Balaban J connectivity index is 1.89. The van der Waals surface area contributed by atoms with Crippen LogP contribution in [0.3, 0.4) is 0 Å². The van der Waals surface area contributed by atoms with E-state index in [4.69, 9.17) is 22.1 Å². The van der Waals surface area contributed by atoms with Gasteiger partial charge in [-0.3, -0.25) is 4.79 Å². The highest BCUT2D eigenvalue weighted by Crippen LogP contribution is 2.32. The number of hydrogen-bond donors (Lipinski definition) is 1. The molecular weight excluding hydrogens is 312 g/mol. The minimum absolute atomic E-state index is 0.0251. The van der Waals surface area contributed by atoms with Crippen molar-refractivity contribution in [2.24, 2.45) is 0 Å². The van der Waals surface area contributed by atoms with Gasteiger partial charge >= 0.3 is 0 Å². The van der Waals surface area contributed by atoms with Crippen LogP contribution < -0.4 is 15.4 Å². The lowest BCUT2D eigenvalue weighted by Gasteiger charge is -2.30. The van der Waals surface area contributed by atoms with E-state index in [-0.39, 0.29) is 12.3 Å². The number of amides is 1. The van der Waals surface area contributed by atoms with Gasteiger partial charge in [0.25, 0.3) is 0 Å². The monoisotopic (exact) mass is 330 g/mol. The van der Waals surface area contributed by atoms with Gasteiger partial charge in [-0.1, -0.05) is 17.7 Å². The van der Waals surface area contributed by atoms with Crippen molar-refractivity contribution < 1.29 is 9.53 Å². The van der Waals surface area contributed by atoms with Crippen LogP contribution in [0.25, 0.3) is 0 Å². The second-order valence-corrected chi connectivity index (χ2v) is 6.06. The Morgan fingerprint density at radius 2 is 2.17 bits per heavy atom. The van der Waals surface area contributed by atoms with Crippen molar-refractivity contribution in [3.8, 4) is 5.75 Å². The molecule has 120 valence electrons. The summed E-state index contributed by atoms with van der Waals surface area (Å²) in [5, 5.41) is 0.594. The summed E-state index contributed by atoms with van der Waals surface area (Å²) in [5.41, 5.74) is 9.57. The molecule has 5 heteroatoms. The maximum atomic E-state index is 12.8.